The van der Waals surface area contributed by atoms with Crippen LogP contribution in [0.4, 0.5) is 5.69 Å². The molecule has 0 N–H and O–H groups in total. The monoisotopic (exact) mass is 389 g/mol. The van der Waals surface area contributed by atoms with Crippen LogP contribution in [0.25, 0.3) is 0 Å². The van der Waals surface area contributed by atoms with Gasteiger partial charge < -0.3 is 9.32 Å². The van der Waals surface area contributed by atoms with Crippen LogP contribution in [-0.2, 0) is 6.42 Å². The van der Waals surface area contributed by atoms with E-state index in [1.807, 2.05) is 18.2 Å². The first-order chi connectivity index (χ1) is 13.8. The number of aliphatic imine (C=N–C) groups is 1. The summed E-state index contributed by atoms with van der Waals surface area (Å²) in [4.78, 5) is 11.5. The van der Waals surface area contributed by atoms with Crippen molar-refractivity contribution >= 4 is 23.5 Å². The Morgan fingerprint density at radius 2 is 2.00 bits per heavy atom. The summed E-state index contributed by atoms with van der Waals surface area (Å²) in [5.74, 6) is 0.730. The van der Waals surface area contributed by atoms with E-state index in [0.717, 1.165) is 35.0 Å². The summed E-state index contributed by atoms with van der Waals surface area (Å²) in [6, 6.07) is 16.6. The quantitative estimate of drug-likeness (QED) is 0.554. The van der Waals surface area contributed by atoms with Gasteiger partial charge in [-0.3, -0.25) is 4.99 Å². The first-order valence-electron chi connectivity index (χ1n) is 9.55. The fourth-order valence-electron chi connectivity index (χ4n) is 4.03. The summed E-state index contributed by atoms with van der Waals surface area (Å²) >= 11 is 6.26. The number of halogens is 1. The fourth-order valence-corrected chi connectivity index (χ4v) is 4.23. The number of nitrogens with zero attached hydrogens (tertiary/aromatic N) is 3. The van der Waals surface area contributed by atoms with E-state index in [1.165, 1.54) is 23.3 Å². The van der Waals surface area contributed by atoms with Crippen LogP contribution in [0, 0.1) is 0 Å². The molecule has 0 amide bonds. The molecule has 1 aromatic heterocycles. The van der Waals surface area contributed by atoms with Crippen molar-refractivity contribution in [3.63, 3.8) is 0 Å². The van der Waals surface area contributed by atoms with Crippen LogP contribution in [0.3, 0.4) is 0 Å². The van der Waals surface area contributed by atoms with Gasteiger partial charge in [-0.2, -0.15) is 0 Å². The van der Waals surface area contributed by atoms with Gasteiger partial charge in [0.25, 0.3) is 0 Å². The lowest BCUT2D eigenvalue weighted by Gasteiger charge is -2.35. The van der Waals surface area contributed by atoms with Gasteiger partial charge in [-0.1, -0.05) is 35.9 Å². The van der Waals surface area contributed by atoms with E-state index in [4.69, 9.17) is 21.0 Å². The number of rotatable bonds is 4. The molecule has 0 bridgehead atoms. The molecular formula is C23H20ClN3O. The third-order valence-corrected chi connectivity index (χ3v) is 5.57. The highest BCUT2D eigenvalue weighted by Gasteiger charge is 2.30. The molecule has 2 heterocycles. The van der Waals surface area contributed by atoms with Crippen LogP contribution >= 0.6 is 11.6 Å². The highest BCUT2D eigenvalue weighted by molar-refractivity contribution is 6.30. The molecule has 0 saturated carbocycles. The molecular weight excluding hydrogens is 370 g/mol. The van der Waals surface area contributed by atoms with Crippen molar-refractivity contribution < 1.29 is 4.42 Å². The minimum absolute atomic E-state index is 0.0897. The summed E-state index contributed by atoms with van der Waals surface area (Å²) in [7, 11) is 0. The molecule has 140 valence electrons. The molecule has 5 rings (SSSR count). The molecule has 3 aromatic rings. The number of hydrogen-bond acceptors (Lipinski definition) is 4. The van der Waals surface area contributed by atoms with Crippen LogP contribution in [-0.4, -0.2) is 11.2 Å². The minimum atomic E-state index is -0.0897. The Hall–Kier alpha value is -2.85. The van der Waals surface area contributed by atoms with Crippen LogP contribution < -0.4 is 4.90 Å². The largest absolute Gasteiger partial charge is 0.449 e. The number of oxazole rings is 1. The summed E-state index contributed by atoms with van der Waals surface area (Å²) < 4.78 is 5.37. The predicted octanol–water partition coefficient (Wildman–Crippen LogP) is 5.95. The molecule has 0 saturated heterocycles. The summed E-state index contributed by atoms with van der Waals surface area (Å²) in [6.07, 6.45) is 9.30. The Balaban J connectivity index is 1.49. The maximum atomic E-state index is 6.26. The molecule has 1 unspecified atom stereocenters. The third-order valence-electron chi connectivity index (χ3n) is 5.34. The average Bonchev–Trinajstić information content (AvgIpc) is 3.39. The van der Waals surface area contributed by atoms with Crippen molar-refractivity contribution in [1.82, 2.24) is 4.98 Å². The minimum Gasteiger partial charge on any atom is -0.449 e. The first-order valence-corrected chi connectivity index (χ1v) is 9.93. The second-order valence-corrected chi connectivity index (χ2v) is 7.61. The van der Waals surface area contributed by atoms with E-state index in [1.54, 1.807) is 12.5 Å². The second-order valence-electron chi connectivity index (χ2n) is 7.17. The molecule has 0 radical (unpaired) electrons. The van der Waals surface area contributed by atoms with E-state index in [-0.39, 0.29) is 6.17 Å². The van der Waals surface area contributed by atoms with E-state index in [9.17, 15) is 0 Å². The summed E-state index contributed by atoms with van der Waals surface area (Å²) in [5, 5.41) is 0.736. The van der Waals surface area contributed by atoms with Gasteiger partial charge >= 0.3 is 0 Å². The third kappa shape index (κ3) is 3.25. The zero-order valence-corrected chi connectivity index (χ0v) is 16.1. The van der Waals surface area contributed by atoms with Crippen LogP contribution in [0.5, 0.6) is 0 Å². The highest BCUT2D eigenvalue weighted by atomic mass is 35.5. The number of aromatic nitrogens is 1. The van der Waals surface area contributed by atoms with Crippen LogP contribution in [0.2, 0.25) is 5.02 Å². The summed E-state index contributed by atoms with van der Waals surface area (Å²) in [6.45, 7) is 0. The van der Waals surface area contributed by atoms with E-state index in [0.29, 0.717) is 6.42 Å². The van der Waals surface area contributed by atoms with Crippen molar-refractivity contribution in [2.45, 2.75) is 31.8 Å². The van der Waals surface area contributed by atoms with Crippen LogP contribution in [0.15, 0.2) is 81.7 Å². The molecule has 0 spiro atoms. The average molecular weight is 390 g/mol. The van der Waals surface area contributed by atoms with Gasteiger partial charge in [-0.25, -0.2) is 4.98 Å². The number of allylic oxidation sites excluding steroid dienone is 2. The molecule has 2 aliphatic rings. The Kier molecular flexibility index (Phi) is 4.49. The molecule has 5 heteroatoms. The molecule has 2 aromatic carbocycles. The van der Waals surface area contributed by atoms with Gasteiger partial charge in [0.15, 0.2) is 12.1 Å². The maximum absolute atomic E-state index is 6.26. The molecule has 1 atom stereocenters. The van der Waals surface area contributed by atoms with E-state index in [2.05, 4.69) is 46.4 Å². The molecule has 4 nitrogen and oxygen atoms in total. The zero-order chi connectivity index (χ0) is 18.9. The van der Waals surface area contributed by atoms with E-state index >= 15 is 0 Å². The maximum Gasteiger partial charge on any atom is 0.198 e. The lowest BCUT2D eigenvalue weighted by atomic mass is 10.1. The van der Waals surface area contributed by atoms with E-state index < -0.39 is 0 Å². The molecule has 28 heavy (non-hydrogen) atoms. The second kappa shape index (κ2) is 7.28. The van der Waals surface area contributed by atoms with Gasteiger partial charge in [-0.15, -0.1) is 0 Å². The van der Waals surface area contributed by atoms with Crippen molar-refractivity contribution in [3.8, 4) is 0 Å². The Morgan fingerprint density at radius 3 is 2.79 bits per heavy atom. The fraction of sp³-hybridized carbons (Fsp3) is 0.217. The SMILES string of the molecule is Clc1cccc(C2N=CC3=C(CCC3)N2c2ccc(Cc3ncco3)cc2)c1. The van der Waals surface area contributed by atoms with Crippen molar-refractivity contribution in [2.75, 3.05) is 4.90 Å². The molecule has 0 fully saturated rings. The molecule has 1 aliphatic carbocycles. The first kappa shape index (κ1) is 17.3. The van der Waals surface area contributed by atoms with Crippen LogP contribution in [0.1, 0.15) is 42.4 Å². The van der Waals surface area contributed by atoms with Crippen molar-refractivity contribution in [3.05, 3.63) is 94.3 Å². The van der Waals surface area contributed by atoms with Gasteiger partial charge in [0.1, 0.15) is 6.26 Å². The number of anilines is 1. The Bertz CT molecular complexity index is 1040. The molecule has 1 aliphatic heterocycles. The standard InChI is InChI=1S/C23H20ClN3O/c24-19-5-1-3-17(14-19)23-26-15-18-4-2-6-21(18)27(23)20-9-7-16(8-10-20)13-22-25-11-12-28-22/h1,3,5,7-12,14-15,23H,2,4,6,13H2. The number of hydrogen-bond donors (Lipinski definition) is 0. The lowest BCUT2D eigenvalue weighted by Crippen LogP contribution is -2.29. The van der Waals surface area contributed by atoms with Gasteiger partial charge in [0, 0.05) is 29.0 Å². The zero-order valence-electron chi connectivity index (χ0n) is 15.4. The van der Waals surface area contributed by atoms with Crippen molar-refractivity contribution in [2.24, 2.45) is 4.99 Å². The Morgan fingerprint density at radius 1 is 1.11 bits per heavy atom. The number of benzene rings is 2. The summed E-state index contributed by atoms with van der Waals surface area (Å²) in [5.41, 5.74) is 6.15. The van der Waals surface area contributed by atoms with Gasteiger partial charge in [0.2, 0.25) is 0 Å². The van der Waals surface area contributed by atoms with Gasteiger partial charge in [-0.05, 0) is 60.2 Å². The lowest BCUT2D eigenvalue weighted by molar-refractivity contribution is 0.507. The topological polar surface area (TPSA) is 41.6 Å². The normalized spacial score (nSPS) is 18.6. The van der Waals surface area contributed by atoms with Gasteiger partial charge in [0.05, 0.1) is 6.20 Å². The smallest absolute Gasteiger partial charge is 0.198 e. The highest BCUT2D eigenvalue weighted by Crippen LogP contribution is 2.41. The predicted molar refractivity (Wildman–Crippen MR) is 112 cm³/mol. The van der Waals surface area contributed by atoms with Crippen molar-refractivity contribution in [1.29, 1.82) is 0 Å². The Labute approximate surface area is 169 Å².